The van der Waals surface area contributed by atoms with E-state index in [0.717, 1.165) is 46.2 Å². The van der Waals surface area contributed by atoms with Gasteiger partial charge in [-0.1, -0.05) is 115 Å². The number of hydrogen-bond donors (Lipinski definition) is 0. The van der Waals surface area contributed by atoms with Crippen LogP contribution in [0.15, 0.2) is 192 Å². The van der Waals surface area contributed by atoms with E-state index in [-0.39, 0.29) is 0 Å². The van der Waals surface area contributed by atoms with Crippen LogP contribution in [0.5, 0.6) is 0 Å². The fourth-order valence-corrected chi connectivity index (χ4v) is 8.62. The summed E-state index contributed by atoms with van der Waals surface area (Å²) < 4.78 is 8.77. The van der Waals surface area contributed by atoms with Crippen LogP contribution >= 0.6 is 0 Å². The standard InChI is InChI=1S/C52H36N2O/c1-3-12-35(13-4-1)39-25-30-51-46(33-39)47-34-42(28-31-52(47)55-51)53(48-21-11-15-37-14-7-8-18-43(37)48)41-26-22-36(23-27-41)38-24-29-50-45(32-38)44-19-9-10-20-49(44)54(50)40-16-5-2-6-17-40/h1-7,9-17,19-34H,8,18H2. The highest BCUT2D eigenvalue weighted by Crippen LogP contribution is 2.43. The van der Waals surface area contributed by atoms with Gasteiger partial charge in [0.05, 0.1) is 11.0 Å². The maximum Gasteiger partial charge on any atom is 0.135 e. The second-order valence-corrected chi connectivity index (χ2v) is 14.4. The molecule has 10 aromatic rings. The highest BCUT2D eigenvalue weighted by atomic mass is 16.3. The van der Waals surface area contributed by atoms with Gasteiger partial charge in [0.15, 0.2) is 0 Å². The monoisotopic (exact) mass is 704 g/mol. The quantitative estimate of drug-likeness (QED) is 0.172. The normalized spacial score (nSPS) is 12.5. The third-order valence-electron chi connectivity index (χ3n) is 11.3. The molecule has 0 saturated carbocycles. The first-order valence-electron chi connectivity index (χ1n) is 19.1. The Morgan fingerprint density at radius 2 is 1.09 bits per heavy atom. The van der Waals surface area contributed by atoms with Gasteiger partial charge in [0.2, 0.25) is 0 Å². The second kappa shape index (κ2) is 12.8. The Morgan fingerprint density at radius 1 is 0.455 bits per heavy atom. The molecule has 1 aliphatic rings. The van der Waals surface area contributed by atoms with Crippen molar-refractivity contribution in [3.05, 3.63) is 199 Å². The first-order chi connectivity index (χ1) is 27.3. The summed E-state index contributed by atoms with van der Waals surface area (Å²) in [5.41, 5.74) is 16.2. The third-order valence-corrected chi connectivity index (χ3v) is 11.3. The molecule has 0 saturated heterocycles. The summed E-state index contributed by atoms with van der Waals surface area (Å²) in [6, 6.07) is 65.7. The van der Waals surface area contributed by atoms with Crippen LogP contribution in [0.2, 0.25) is 0 Å². The molecule has 0 atom stereocenters. The van der Waals surface area contributed by atoms with Crippen molar-refractivity contribution in [1.29, 1.82) is 0 Å². The highest BCUT2D eigenvalue weighted by Gasteiger charge is 2.21. The molecule has 55 heavy (non-hydrogen) atoms. The zero-order valence-electron chi connectivity index (χ0n) is 30.2. The van der Waals surface area contributed by atoms with E-state index in [4.69, 9.17) is 4.42 Å². The number of aromatic nitrogens is 1. The molecule has 3 heteroatoms. The number of para-hydroxylation sites is 2. The Hall–Kier alpha value is -7.10. The van der Waals surface area contributed by atoms with Gasteiger partial charge in [-0.3, -0.25) is 0 Å². The summed E-state index contributed by atoms with van der Waals surface area (Å²) in [4.78, 5) is 2.43. The lowest BCUT2D eigenvalue weighted by atomic mass is 9.94. The number of rotatable bonds is 6. The summed E-state index contributed by atoms with van der Waals surface area (Å²) in [6.07, 6.45) is 6.60. The Kier molecular flexibility index (Phi) is 7.31. The van der Waals surface area contributed by atoms with Crippen molar-refractivity contribution in [2.45, 2.75) is 12.8 Å². The minimum absolute atomic E-state index is 0.890. The van der Waals surface area contributed by atoms with Crippen molar-refractivity contribution < 1.29 is 4.42 Å². The fourth-order valence-electron chi connectivity index (χ4n) is 8.62. The van der Waals surface area contributed by atoms with Crippen molar-refractivity contribution in [3.63, 3.8) is 0 Å². The van der Waals surface area contributed by atoms with Gasteiger partial charge in [-0.2, -0.15) is 0 Å². The van der Waals surface area contributed by atoms with Crippen molar-refractivity contribution in [1.82, 2.24) is 4.57 Å². The molecule has 0 unspecified atom stereocenters. The summed E-state index contributed by atoms with van der Waals surface area (Å²) in [6.45, 7) is 0. The van der Waals surface area contributed by atoms with Crippen LogP contribution in [-0.2, 0) is 6.42 Å². The van der Waals surface area contributed by atoms with Crippen LogP contribution in [0, 0.1) is 0 Å². The maximum atomic E-state index is 6.40. The van der Waals surface area contributed by atoms with E-state index in [1.54, 1.807) is 0 Å². The molecule has 2 aromatic heterocycles. The molecule has 0 N–H and O–H groups in total. The smallest absolute Gasteiger partial charge is 0.135 e. The molecular weight excluding hydrogens is 669 g/mol. The van der Waals surface area contributed by atoms with Crippen LogP contribution < -0.4 is 4.90 Å². The molecule has 0 spiro atoms. The average molecular weight is 705 g/mol. The van der Waals surface area contributed by atoms with Gasteiger partial charge in [0, 0.05) is 44.3 Å². The lowest BCUT2D eigenvalue weighted by molar-refractivity contribution is 0.669. The second-order valence-electron chi connectivity index (χ2n) is 14.4. The highest BCUT2D eigenvalue weighted by molar-refractivity contribution is 6.11. The number of benzene rings is 8. The molecule has 11 rings (SSSR count). The van der Waals surface area contributed by atoms with Crippen LogP contribution in [0.3, 0.4) is 0 Å². The van der Waals surface area contributed by atoms with Gasteiger partial charge >= 0.3 is 0 Å². The van der Waals surface area contributed by atoms with Crippen LogP contribution in [0.1, 0.15) is 17.5 Å². The molecule has 0 bridgehead atoms. The molecule has 1 aliphatic carbocycles. The number of nitrogens with zero attached hydrogens (tertiary/aromatic N) is 2. The van der Waals surface area contributed by atoms with Gasteiger partial charge in [-0.05, 0) is 125 Å². The van der Waals surface area contributed by atoms with Crippen LogP contribution in [0.25, 0.3) is 77.8 Å². The largest absolute Gasteiger partial charge is 0.456 e. The van der Waals surface area contributed by atoms with E-state index >= 15 is 0 Å². The van der Waals surface area contributed by atoms with Gasteiger partial charge in [0.25, 0.3) is 0 Å². The molecule has 260 valence electrons. The lowest BCUT2D eigenvalue weighted by Gasteiger charge is -2.29. The topological polar surface area (TPSA) is 21.3 Å². The predicted octanol–water partition coefficient (Wildman–Crippen LogP) is 14.4. The van der Waals surface area contributed by atoms with E-state index < -0.39 is 0 Å². The first-order valence-corrected chi connectivity index (χ1v) is 19.1. The van der Waals surface area contributed by atoms with Crippen LogP contribution in [0.4, 0.5) is 17.1 Å². The molecule has 0 aliphatic heterocycles. The van der Waals surface area contributed by atoms with E-state index in [0.29, 0.717) is 0 Å². The van der Waals surface area contributed by atoms with E-state index in [1.165, 1.54) is 66.6 Å². The number of anilines is 3. The van der Waals surface area contributed by atoms with Crippen molar-refractivity contribution in [2.24, 2.45) is 0 Å². The maximum absolute atomic E-state index is 6.40. The third kappa shape index (κ3) is 5.27. The van der Waals surface area contributed by atoms with E-state index in [9.17, 15) is 0 Å². The summed E-state index contributed by atoms with van der Waals surface area (Å²) in [5, 5.41) is 4.74. The van der Waals surface area contributed by atoms with Crippen molar-refractivity contribution in [3.8, 4) is 27.9 Å². The molecule has 3 nitrogen and oxygen atoms in total. The molecule has 0 radical (unpaired) electrons. The molecular formula is C52H36N2O. The van der Waals surface area contributed by atoms with Gasteiger partial charge in [-0.15, -0.1) is 0 Å². The molecule has 8 aromatic carbocycles. The zero-order chi connectivity index (χ0) is 36.3. The van der Waals surface area contributed by atoms with Gasteiger partial charge in [0.1, 0.15) is 11.2 Å². The minimum atomic E-state index is 0.890. The molecule has 0 fully saturated rings. The average Bonchev–Trinajstić information content (AvgIpc) is 3.79. The van der Waals surface area contributed by atoms with Gasteiger partial charge in [-0.25, -0.2) is 0 Å². The number of allylic oxidation sites excluding steroid dienone is 1. The summed E-state index contributed by atoms with van der Waals surface area (Å²) in [7, 11) is 0. The summed E-state index contributed by atoms with van der Waals surface area (Å²) in [5.74, 6) is 0. The van der Waals surface area contributed by atoms with E-state index in [2.05, 4.69) is 204 Å². The minimum Gasteiger partial charge on any atom is -0.456 e. The van der Waals surface area contributed by atoms with Crippen LogP contribution in [-0.4, -0.2) is 4.57 Å². The van der Waals surface area contributed by atoms with Crippen molar-refractivity contribution in [2.75, 3.05) is 4.90 Å². The first kappa shape index (κ1) is 31.4. The Bertz CT molecular complexity index is 3080. The number of hydrogen-bond acceptors (Lipinski definition) is 2. The van der Waals surface area contributed by atoms with Crippen molar-refractivity contribution >= 4 is 66.9 Å². The zero-order valence-corrected chi connectivity index (χ0v) is 30.2. The Balaban J connectivity index is 1.04. The predicted molar refractivity (Wildman–Crippen MR) is 231 cm³/mol. The summed E-state index contributed by atoms with van der Waals surface area (Å²) >= 11 is 0. The number of fused-ring (bicyclic) bond motifs is 7. The SMILES string of the molecule is C1=Cc2cccc(N(c3ccc(-c4ccc5c(c4)c4ccccc4n5-c4ccccc4)cc3)c3ccc4oc5ccc(-c6ccccc6)cc5c4c3)c2CC1. The Labute approximate surface area is 319 Å². The molecule has 0 amide bonds. The number of furan rings is 1. The Morgan fingerprint density at radius 3 is 1.93 bits per heavy atom. The van der Waals surface area contributed by atoms with Gasteiger partial charge < -0.3 is 13.9 Å². The molecule has 2 heterocycles. The lowest BCUT2D eigenvalue weighted by Crippen LogP contribution is -2.13. The van der Waals surface area contributed by atoms with E-state index in [1.807, 2.05) is 0 Å². The fraction of sp³-hybridized carbons (Fsp3) is 0.0385.